The standard InChI is InChI=1S/C24H19ClN4O4S/c25-20-10-7-17(13-19(20)23-14-26-21-3-1-2-4-22(21)28-23)27-24(30)16-5-8-18(9-6-16)29-11-12-33-15-34(29,31)32/h1-10,13-14H,11-12,15H2,(H,27,30). The average Bonchev–Trinajstić information content (AvgIpc) is 2.85. The van der Waals surface area contributed by atoms with Crippen LogP contribution < -0.4 is 9.62 Å². The number of halogens is 1. The highest BCUT2D eigenvalue weighted by Crippen LogP contribution is 2.30. The number of rotatable bonds is 4. The van der Waals surface area contributed by atoms with Gasteiger partial charge in [-0.2, -0.15) is 0 Å². The largest absolute Gasteiger partial charge is 0.362 e. The van der Waals surface area contributed by atoms with Crippen LogP contribution in [0.15, 0.2) is 72.9 Å². The van der Waals surface area contributed by atoms with E-state index in [1.54, 1.807) is 48.7 Å². The molecule has 0 atom stereocenters. The van der Waals surface area contributed by atoms with Crippen LogP contribution in [0, 0.1) is 0 Å². The van der Waals surface area contributed by atoms with Crippen LogP contribution in [-0.2, 0) is 14.8 Å². The van der Waals surface area contributed by atoms with Crippen molar-refractivity contribution < 1.29 is 17.9 Å². The van der Waals surface area contributed by atoms with E-state index in [0.717, 1.165) is 11.0 Å². The minimum atomic E-state index is -3.52. The number of amides is 1. The maximum atomic E-state index is 12.8. The van der Waals surface area contributed by atoms with Crippen LogP contribution in [0.5, 0.6) is 0 Å². The molecule has 10 heteroatoms. The Labute approximate surface area is 201 Å². The summed E-state index contributed by atoms with van der Waals surface area (Å²) < 4.78 is 30.7. The van der Waals surface area contributed by atoms with Gasteiger partial charge in [0.15, 0.2) is 5.94 Å². The highest BCUT2D eigenvalue weighted by Gasteiger charge is 2.26. The Kier molecular flexibility index (Phi) is 5.91. The fraction of sp³-hybridized carbons (Fsp3) is 0.125. The first-order valence-electron chi connectivity index (χ1n) is 10.4. The van der Waals surface area contributed by atoms with Crippen molar-refractivity contribution in [1.29, 1.82) is 0 Å². The summed E-state index contributed by atoms with van der Waals surface area (Å²) in [6, 6.07) is 19.1. The number of hydrogen-bond acceptors (Lipinski definition) is 6. The molecule has 0 spiro atoms. The third-order valence-corrected chi connectivity index (χ3v) is 7.23. The van der Waals surface area contributed by atoms with Crippen LogP contribution in [0.25, 0.3) is 22.3 Å². The summed E-state index contributed by atoms with van der Waals surface area (Å²) in [5, 5.41) is 3.34. The molecule has 0 radical (unpaired) electrons. The number of carbonyl (C=O) groups is 1. The molecule has 1 aliphatic heterocycles. The second-order valence-corrected chi connectivity index (χ2v) is 9.90. The van der Waals surface area contributed by atoms with Gasteiger partial charge in [-0.25, -0.2) is 13.4 Å². The van der Waals surface area contributed by atoms with Gasteiger partial charge in [-0.15, -0.1) is 0 Å². The van der Waals surface area contributed by atoms with E-state index < -0.39 is 10.0 Å². The summed E-state index contributed by atoms with van der Waals surface area (Å²) in [4.78, 5) is 21.9. The number of carbonyl (C=O) groups excluding carboxylic acids is 1. The molecule has 1 amide bonds. The minimum Gasteiger partial charge on any atom is -0.362 e. The Balaban J connectivity index is 1.36. The Hall–Kier alpha value is -3.53. The van der Waals surface area contributed by atoms with Crippen molar-refractivity contribution in [2.75, 3.05) is 28.7 Å². The first-order valence-corrected chi connectivity index (χ1v) is 12.4. The molecule has 34 heavy (non-hydrogen) atoms. The lowest BCUT2D eigenvalue weighted by molar-refractivity contribution is 0.102. The Morgan fingerprint density at radius 1 is 1.03 bits per heavy atom. The highest BCUT2D eigenvalue weighted by atomic mass is 35.5. The van der Waals surface area contributed by atoms with Gasteiger partial charge in [-0.1, -0.05) is 23.7 Å². The lowest BCUT2D eigenvalue weighted by atomic mass is 10.1. The van der Waals surface area contributed by atoms with E-state index in [4.69, 9.17) is 16.3 Å². The number of ether oxygens (including phenoxy) is 1. The van der Waals surface area contributed by atoms with Crippen LogP contribution in [0.3, 0.4) is 0 Å². The van der Waals surface area contributed by atoms with Gasteiger partial charge in [0.05, 0.1) is 46.8 Å². The monoisotopic (exact) mass is 494 g/mol. The number of para-hydroxylation sites is 2. The number of fused-ring (bicyclic) bond motifs is 1. The van der Waals surface area contributed by atoms with E-state index in [0.29, 0.717) is 39.8 Å². The quantitative estimate of drug-likeness (QED) is 0.453. The Bertz CT molecular complexity index is 1490. The van der Waals surface area contributed by atoms with Gasteiger partial charge >= 0.3 is 0 Å². The third kappa shape index (κ3) is 4.45. The predicted octanol–water partition coefficient (Wildman–Crippen LogP) is 4.33. The minimum absolute atomic E-state index is 0.235. The van der Waals surface area contributed by atoms with Crippen molar-refractivity contribution >= 4 is 49.9 Å². The molecule has 172 valence electrons. The maximum Gasteiger partial charge on any atom is 0.259 e. The lowest BCUT2D eigenvalue weighted by Gasteiger charge is -2.28. The zero-order chi connectivity index (χ0) is 23.7. The Morgan fingerprint density at radius 2 is 1.79 bits per heavy atom. The topological polar surface area (TPSA) is 101 Å². The van der Waals surface area contributed by atoms with Crippen molar-refractivity contribution in [3.8, 4) is 11.3 Å². The first-order chi connectivity index (χ1) is 16.4. The fourth-order valence-electron chi connectivity index (χ4n) is 3.67. The van der Waals surface area contributed by atoms with Crippen molar-refractivity contribution in [3.63, 3.8) is 0 Å². The van der Waals surface area contributed by atoms with E-state index >= 15 is 0 Å². The summed E-state index contributed by atoms with van der Waals surface area (Å²) in [6.07, 6.45) is 1.65. The molecule has 5 rings (SSSR count). The molecule has 3 aromatic carbocycles. The SMILES string of the molecule is O=C(Nc1ccc(Cl)c(-c2cnc3ccccc3n2)c1)c1ccc(N2CCOCS2(=O)=O)cc1. The fourth-order valence-corrected chi connectivity index (χ4v) is 5.14. The molecule has 0 unspecified atom stereocenters. The molecule has 1 fully saturated rings. The van der Waals surface area contributed by atoms with Crippen molar-refractivity contribution in [1.82, 2.24) is 9.97 Å². The Morgan fingerprint density at radius 3 is 2.56 bits per heavy atom. The predicted molar refractivity (Wildman–Crippen MR) is 131 cm³/mol. The van der Waals surface area contributed by atoms with Crippen molar-refractivity contribution in [3.05, 3.63) is 83.5 Å². The highest BCUT2D eigenvalue weighted by molar-refractivity contribution is 7.92. The van der Waals surface area contributed by atoms with Crippen LogP contribution in [0.1, 0.15) is 10.4 Å². The van der Waals surface area contributed by atoms with E-state index in [1.165, 1.54) is 4.31 Å². The number of hydrogen-bond donors (Lipinski definition) is 1. The molecular weight excluding hydrogens is 476 g/mol. The number of nitrogens with zero attached hydrogens (tertiary/aromatic N) is 3. The summed E-state index contributed by atoms with van der Waals surface area (Å²) in [5.74, 6) is -0.690. The van der Waals surface area contributed by atoms with Gasteiger partial charge in [0.25, 0.3) is 15.9 Å². The van der Waals surface area contributed by atoms with Crippen molar-refractivity contribution in [2.45, 2.75) is 0 Å². The molecule has 1 N–H and O–H groups in total. The van der Waals surface area contributed by atoms with Gasteiger partial charge < -0.3 is 10.1 Å². The number of benzene rings is 3. The van der Waals surface area contributed by atoms with E-state index in [2.05, 4.69) is 15.3 Å². The second-order valence-electron chi connectivity index (χ2n) is 7.65. The number of sulfonamides is 1. The van der Waals surface area contributed by atoms with Gasteiger partial charge in [0.2, 0.25) is 0 Å². The van der Waals surface area contributed by atoms with E-state index in [9.17, 15) is 13.2 Å². The molecule has 8 nitrogen and oxygen atoms in total. The summed E-state index contributed by atoms with van der Waals surface area (Å²) in [5.41, 5.74) is 4.17. The van der Waals surface area contributed by atoms with Gasteiger partial charge in [0.1, 0.15) is 0 Å². The van der Waals surface area contributed by atoms with Crippen LogP contribution in [0.4, 0.5) is 11.4 Å². The molecular formula is C24H19ClN4O4S. The number of nitrogens with one attached hydrogen (secondary N) is 1. The molecule has 0 bridgehead atoms. The van der Waals surface area contributed by atoms with E-state index in [-0.39, 0.29) is 18.4 Å². The van der Waals surface area contributed by atoms with Gasteiger partial charge in [-0.05, 0) is 54.6 Å². The molecule has 1 aliphatic rings. The van der Waals surface area contributed by atoms with Crippen LogP contribution in [-0.4, -0.2) is 43.4 Å². The van der Waals surface area contributed by atoms with Gasteiger partial charge in [0, 0.05) is 16.8 Å². The lowest BCUT2D eigenvalue weighted by Crippen LogP contribution is -2.41. The first kappa shape index (κ1) is 22.3. The number of aromatic nitrogens is 2. The normalized spacial score (nSPS) is 15.3. The molecule has 1 saturated heterocycles. The van der Waals surface area contributed by atoms with E-state index in [1.807, 2.05) is 24.3 Å². The maximum absolute atomic E-state index is 12.8. The van der Waals surface area contributed by atoms with Crippen LogP contribution in [0.2, 0.25) is 5.02 Å². The zero-order valence-corrected chi connectivity index (χ0v) is 19.4. The summed E-state index contributed by atoms with van der Waals surface area (Å²) in [6.45, 7) is 0.557. The van der Waals surface area contributed by atoms with Crippen molar-refractivity contribution in [2.24, 2.45) is 0 Å². The van der Waals surface area contributed by atoms with Gasteiger partial charge in [-0.3, -0.25) is 14.1 Å². The molecule has 0 saturated carbocycles. The second kappa shape index (κ2) is 9.02. The molecule has 4 aromatic rings. The molecule has 2 heterocycles. The summed E-state index contributed by atoms with van der Waals surface area (Å²) >= 11 is 6.41. The number of anilines is 2. The average molecular weight is 495 g/mol. The summed E-state index contributed by atoms with van der Waals surface area (Å²) in [7, 11) is -3.52. The molecule has 1 aromatic heterocycles. The smallest absolute Gasteiger partial charge is 0.259 e. The zero-order valence-electron chi connectivity index (χ0n) is 17.8. The van der Waals surface area contributed by atoms with Crippen LogP contribution >= 0.6 is 11.6 Å². The third-order valence-electron chi connectivity index (χ3n) is 5.37. The molecule has 0 aliphatic carbocycles.